The van der Waals surface area contributed by atoms with Gasteiger partial charge in [0, 0.05) is 56.0 Å². The standard InChI is InChI=1S/C43H40N5O.Pt/c1-42(2,3)31-15-17-44-40(21-31)48-37-11-5-4-10-35(37)36-14-13-34(23-39(36)48)49-33-9-6-8-32(22-33)46-27-47(38-12-7-16-45-41(38)46)43-24-28-18-29(25-43)20-30(19-28)26-43;/h4-17,21,27-30H,18-20,24-26H2,1-3H3;/q-3;. The van der Waals surface area contributed by atoms with Crippen molar-refractivity contribution >= 4 is 39.0 Å². The molecule has 5 aliphatic rings. The second kappa shape index (κ2) is 11.7. The Morgan fingerprint density at radius 1 is 0.780 bits per heavy atom. The first-order valence-corrected chi connectivity index (χ1v) is 17.8. The molecule has 4 bridgehead atoms. The summed E-state index contributed by atoms with van der Waals surface area (Å²) in [6.45, 7) is 9.00. The Labute approximate surface area is 308 Å². The number of hydrogen-bond acceptors (Lipinski definition) is 5. The van der Waals surface area contributed by atoms with Crippen molar-refractivity contribution in [1.82, 2.24) is 14.5 Å². The van der Waals surface area contributed by atoms with E-state index in [0.29, 0.717) is 11.5 Å². The number of rotatable bonds is 5. The van der Waals surface area contributed by atoms with E-state index in [1.807, 2.05) is 30.6 Å². The third-order valence-corrected chi connectivity index (χ3v) is 11.6. The predicted molar refractivity (Wildman–Crippen MR) is 196 cm³/mol. The summed E-state index contributed by atoms with van der Waals surface area (Å²) < 4.78 is 8.75. The SMILES string of the molecule is CC(C)(C)c1ccnc(-n2c3[c-]c(Oc4[c-]c(N5[CH-]N(C67CC8CC(CC(C8)C6)C7)c6cccnc65)ccc4)ccc3c3ccccc32)c1.[Pt]. The number of anilines is 3. The van der Waals surface area contributed by atoms with Gasteiger partial charge in [-0.05, 0) is 103 Å². The number of ether oxygens (including phenoxy) is 1. The van der Waals surface area contributed by atoms with E-state index in [9.17, 15) is 0 Å². The molecule has 4 saturated carbocycles. The maximum atomic E-state index is 6.55. The first-order valence-electron chi connectivity index (χ1n) is 17.8. The van der Waals surface area contributed by atoms with Crippen LogP contribution >= 0.6 is 0 Å². The van der Waals surface area contributed by atoms with Crippen molar-refractivity contribution in [3.05, 3.63) is 116 Å². The van der Waals surface area contributed by atoms with Crippen molar-refractivity contribution in [3.8, 4) is 17.3 Å². The van der Waals surface area contributed by atoms with Gasteiger partial charge in [-0.1, -0.05) is 50.2 Å². The van der Waals surface area contributed by atoms with Crippen molar-refractivity contribution in [2.75, 3.05) is 9.80 Å². The maximum absolute atomic E-state index is 6.55. The summed E-state index contributed by atoms with van der Waals surface area (Å²) in [6, 6.07) is 34.5. The monoisotopic (exact) mass is 837 g/mol. The molecule has 50 heavy (non-hydrogen) atoms. The molecule has 0 spiro atoms. The summed E-state index contributed by atoms with van der Waals surface area (Å²) in [6.07, 6.45) is 11.9. The van der Waals surface area contributed by atoms with Crippen LogP contribution in [0, 0.1) is 36.6 Å². The van der Waals surface area contributed by atoms with Gasteiger partial charge in [0.25, 0.3) is 0 Å². The molecule has 256 valence electrons. The van der Waals surface area contributed by atoms with Crippen LogP contribution in [0.1, 0.15) is 64.9 Å². The topological polar surface area (TPSA) is 46.4 Å². The molecule has 1 aliphatic heterocycles. The average molecular weight is 838 g/mol. The second-order valence-electron chi connectivity index (χ2n) is 15.9. The second-order valence-corrected chi connectivity index (χ2v) is 15.9. The molecule has 6 aromatic rings. The van der Waals surface area contributed by atoms with Crippen LogP contribution in [0.2, 0.25) is 0 Å². The Morgan fingerprint density at radius 2 is 1.54 bits per heavy atom. The van der Waals surface area contributed by atoms with Crippen LogP contribution in [-0.2, 0) is 26.5 Å². The van der Waals surface area contributed by atoms with E-state index in [1.165, 1.54) is 49.8 Å². The molecular weight excluding hydrogens is 798 g/mol. The van der Waals surface area contributed by atoms with E-state index < -0.39 is 0 Å². The Kier molecular flexibility index (Phi) is 7.44. The first-order chi connectivity index (χ1) is 23.8. The number of nitrogens with zero attached hydrogens (tertiary/aromatic N) is 5. The fraction of sp³-hybridized carbons (Fsp3) is 0.326. The van der Waals surface area contributed by atoms with Gasteiger partial charge in [-0.15, -0.1) is 42.4 Å². The molecule has 0 amide bonds. The zero-order chi connectivity index (χ0) is 32.9. The molecule has 0 radical (unpaired) electrons. The molecule has 4 aliphatic carbocycles. The molecule has 6 nitrogen and oxygen atoms in total. The molecule has 3 aromatic heterocycles. The van der Waals surface area contributed by atoms with E-state index in [2.05, 4.69) is 115 Å². The molecule has 0 N–H and O–H groups in total. The Morgan fingerprint density at radius 3 is 2.32 bits per heavy atom. The maximum Gasteiger partial charge on any atom is 0.135 e. The molecule has 3 aromatic carbocycles. The third-order valence-electron chi connectivity index (χ3n) is 11.6. The summed E-state index contributed by atoms with van der Waals surface area (Å²) in [5.74, 6) is 5.71. The van der Waals surface area contributed by atoms with Gasteiger partial charge in [-0.2, -0.15) is 12.1 Å². The van der Waals surface area contributed by atoms with Crippen molar-refractivity contribution in [3.63, 3.8) is 0 Å². The number of para-hydroxylation sites is 1. The molecule has 0 unspecified atom stereocenters. The predicted octanol–water partition coefficient (Wildman–Crippen LogP) is 10.3. The fourth-order valence-corrected chi connectivity index (χ4v) is 9.84. The normalized spacial score (nSPS) is 23.8. The van der Waals surface area contributed by atoms with E-state index in [0.717, 1.165) is 56.9 Å². The van der Waals surface area contributed by atoms with Crippen molar-refractivity contribution in [2.45, 2.75) is 70.3 Å². The Hall–Kier alpha value is -4.15. The molecule has 0 saturated heterocycles. The summed E-state index contributed by atoms with van der Waals surface area (Å²) >= 11 is 0. The zero-order valence-electron chi connectivity index (χ0n) is 28.7. The summed E-state index contributed by atoms with van der Waals surface area (Å²) in [5, 5.41) is 2.28. The van der Waals surface area contributed by atoms with Crippen LogP contribution in [0.4, 0.5) is 17.2 Å². The van der Waals surface area contributed by atoms with Crippen LogP contribution in [0.15, 0.2) is 91.3 Å². The van der Waals surface area contributed by atoms with E-state index in [1.54, 1.807) is 0 Å². The molecule has 0 atom stereocenters. The Bertz CT molecular complexity index is 2220. The summed E-state index contributed by atoms with van der Waals surface area (Å²) in [4.78, 5) is 14.5. The molecule has 7 heteroatoms. The molecule has 4 fully saturated rings. The van der Waals surface area contributed by atoms with Crippen molar-refractivity contribution < 1.29 is 25.8 Å². The van der Waals surface area contributed by atoms with E-state index in [-0.39, 0.29) is 32.0 Å². The third kappa shape index (κ3) is 5.08. The average Bonchev–Trinajstić information content (AvgIpc) is 3.64. The minimum atomic E-state index is 0. The number of hydrogen-bond donors (Lipinski definition) is 0. The van der Waals surface area contributed by atoms with Gasteiger partial charge < -0.3 is 19.1 Å². The van der Waals surface area contributed by atoms with Gasteiger partial charge in [0.05, 0.1) is 5.69 Å². The minimum Gasteiger partial charge on any atom is -0.509 e. The van der Waals surface area contributed by atoms with Gasteiger partial charge in [0.1, 0.15) is 11.6 Å². The molecule has 4 heterocycles. The number of aromatic nitrogens is 3. The van der Waals surface area contributed by atoms with Crippen LogP contribution in [0.5, 0.6) is 11.5 Å². The van der Waals surface area contributed by atoms with E-state index >= 15 is 0 Å². The van der Waals surface area contributed by atoms with Crippen molar-refractivity contribution in [2.24, 2.45) is 17.8 Å². The van der Waals surface area contributed by atoms with Gasteiger partial charge in [0.2, 0.25) is 0 Å². The Balaban J connectivity index is 0.00000336. The van der Waals surface area contributed by atoms with Crippen LogP contribution in [0.3, 0.4) is 0 Å². The van der Waals surface area contributed by atoms with Gasteiger partial charge in [-0.25, -0.2) is 9.97 Å². The minimum absolute atomic E-state index is 0. The quantitative estimate of drug-likeness (QED) is 0.162. The van der Waals surface area contributed by atoms with Crippen LogP contribution in [0.25, 0.3) is 27.6 Å². The van der Waals surface area contributed by atoms with Gasteiger partial charge in [0.15, 0.2) is 0 Å². The zero-order valence-corrected chi connectivity index (χ0v) is 30.9. The first kappa shape index (κ1) is 31.8. The van der Waals surface area contributed by atoms with Gasteiger partial charge in [-0.3, -0.25) is 0 Å². The summed E-state index contributed by atoms with van der Waals surface area (Å²) in [7, 11) is 0. The number of fused-ring (bicyclic) bond motifs is 4. The molecule has 11 rings (SSSR count). The van der Waals surface area contributed by atoms with E-state index in [4.69, 9.17) is 14.7 Å². The van der Waals surface area contributed by atoms with Crippen molar-refractivity contribution in [1.29, 1.82) is 0 Å². The largest absolute Gasteiger partial charge is 0.509 e. The van der Waals surface area contributed by atoms with Crippen LogP contribution in [-0.4, -0.2) is 20.1 Å². The fourth-order valence-electron chi connectivity index (χ4n) is 9.84. The molecular formula is C43H40N5OPt-3. The van der Waals surface area contributed by atoms with Gasteiger partial charge >= 0.3 is 0 Å². The number of benzene rings is 3. The smallest absolute Gasteiger partial charge is 0.135 e. The van der Waals surface area contributed by atoms with Crippen LogP contribution < -0.4 is 14.5 Å². The summed E-state index contributed by atoms with van der Waals surface area (Å²) in [5.41, 5.74) is 5.59. The number of pyridine rings is 2.